The third-order valence-corrected chi connectivity index (χ3v) is 1.97. The van der Waals surface area contributed by atoms with E-state index in [9.17, 15) is 0 Å². The second-order valence-electron chi connectivity index (χ2n) is 2.81. The summed E-state index contributed by atoms with van der Waals surface area (Å²) in [6.45, 7) is 3.63. The van der Waals surface area contributed by atoms with Crippen molar-refractivity contribution in [3.05, 3.63) is 0 Å². The lowest BCUT2D eigenvalue weighted by atomic mass is 10.2. The summed E-state index contributed by atoms with van der Waals surface area (Å²) in [4.78, 5) is 4.21. The predicted octanol–water partition coefficient (Wildman–Crippen LogP) is 0.935. The highest BCUT2D eigenvalue weighted by Crippen LogP contribution is 2.04. The number of nitrogens with one attached hydrogen (secondary N) is 1. The molecule has 0 aromatic heterocycles. The molecule has 0 aliphatic heterocycles. The number of aliphatic hydroxyl groups is 1. The minimum absolute atomic E-state index is 0.0308. The van der Waals surface area contributed by atoms with Crippen molar-refractivity contribution in [1.82, 2.24) is 5.32 Å². The Morgan fingerprint density at radius 2 is 2.31 bits per heavy atom. The Labute approximate surface area is 83.0 Å². The van der Waals surface area contributed by atoms with Crippen LogP contribution in [0.2, 0.25) is 0 Å². The fourth-order valence-corrected chi connectivity index (χ4v) is 1.36. The van der Waals surface area contributed by atoms with Crippen LogP contribution in [-0.2, 0) is 0 Å². The smallest absolute Gasteiger partial charge is 0.183 e. The lowest BCUT2D eigenvalue weighted by Gasteiger charge is -2.09. The Morgan fingerprint density at radius 1 is 1.69 bits per heavy atom. The molecule has 0 aromatic rings. The minimum Gasteiger partial charge on any atom is -0.393 e. The van der Waals surface area contributed by atoms with E-state index in [1.807, 2.05) is 19.4 Å². The highest BCUT2D eigenvalue weighted by molar-refractivity contribution is 8.13. The zero-order chi connectivity index (χ0) is 10.3. The van der Waals surface area contributed by atoms with E-state index in [0.29, 0.717) is 11.6 Å². The van der Waals surface area contributed by atoms with Crippen LogP contribution in [0.3, 0.4) is 0 Å². The number of thioether (sulfide) groups is 1. The van der Waals surface area contributed by atoms with Gasteiger partial charge in [-0.15, -0.1) is 0 Å². The van der Waals surface area contributed by atoms with E-state index < -0.39 is 0 Å². The molecule has 0 heterocycles. The molecular formula is C8H15N3OS. The van der Waals surface area contributed by atoms with Gasteiger partial charge >= 0.3 is 0 Å². The Kier molecular flexibility index (Phi) is 6.37. The average molecular weight is 201 g/mol. The molecule has 0 radical (unpaired) electrons. The summed E-state index contributed by atoms with van der Waals surface area (Å²) < 4.78 is 0. The fourth-order valence-electron chi connectivity index (χ4n) is 0.930. The largest absolute Gasteiger partial charge is 0.393 e. The number of aliphatic hydroxyl groups excluding tert-OH is 1. The number of hydrogen-bond acceptors (Lipinski definition) is 4. The fraction of sp³-hybridized carbons (Fsp3) is 0.750. The Bertz CT molecular complexity index is 210. The molecular weight excluding hydrogens is 186 g/mol. The molecule has 0 aromatic carbocycles. The maximum atomic E-state index is 9.08. The Morgan fingerprint density at radius 3 is 2.69 bits per heavy atom. The molecule has 0 aliphatic rings. The molecule has 2 N–H and O–H groups in total. The Hall–Kier alpha value is -0.730. The standard InChI is InChI=1S/C8H15N3OS/c1-6(4-7(2)12)11-8(13-3)10-5-9/h6-7,12H,4H2,1-3H3,(H,10,11). The van der Waals surface area contributed by atoms with Crippen LogP contribution in [0.5, 0.6) is 0 Å². The van der Waals surface area contributed by atoms with Crippen LogP contribution in [0, 0.1) is 11.5 Å². The van der Waals surface area contributed by atoms with E-state index >= 15 is 0 Å². The summed E-state index contributed by atoms with van der Waals surface area (Å²) in [6, 6.07) is 0.0308. The Balaban J connectivity index is 4.09. The second-order valence-corrected chi connectivity index (χ2v) is 3.60. The van der Waals surface area contributed by atoms with Gasteiger partial charge in [0.05, 0.1) is 12.1 Å². The molecule has 0 bridgehead atoms. The molecule has 5 heteroatoms. The summed E-state index contributed by atoms with van der Waals surface area (Å²) in [5, 5.41) is 20.5. The first-order valence-corrected chi connectivity index (χ1v) is 5.27. The van der Waals surface area contributed by atoms with E-state index in [-0.39, 0.29) is 12.1 Å². The number of hydrogen-bond donors (Lipinski definition) is 2. The lowest BCUT2D eigenvalue weighted by molar-refractivity contribution is 0.177. The normalized spacial score (nSPS) is 16.1. The van der Waals surface area contributed by atoms with E-state index in [0.717, 1.165) is 0 Å². The van der Waals surface area contributed by atoms with Crippen LogP contribution in [0.1, 0.15) is 20.3 Å². The molecule has 0 saturated heterocycles. The second kappa shape index (κ2) is 6.75. The average Bonchev–Trinajstić information content (AvgIpc) is 2.02. The molecule has 0 saturated carbocycles. The van der Waals surface area contributed by atoms with E-state index in [2.05, 4.69) is 10.3 Å². The molecule has 0 spiro atoms. The van der Waals surface area contributed by atoms with Crippen molar-refractivity contribution in [2.45, 2.75) is 32.4 Å². The number of nitriles is 1. The van der Waals surface area contributed by atoms with Crippen molar-refractivity contribution in [3.63, 3.8) is 0 Å². The van der Waals surface area contributed by atoms with E-state index in [1.54, 1.807) is 6.92 Å². The zero-order valence-corrected chi connectivity index (χ0v) is 8.93. The molecule has 0 fully saturated rings. The number of nitrogens with zero attached hydrogens (tertiary/aromatic N) is 2. The maximum Gasteiger partial charge on any atom is 0.183 e. The van der Waals surface area contributed by atoms with Crippen LogP contribution in [0.15, 0.2) is 4.99 Å². The molecule has 0 amide bonds. The summed E-state index contributed by atoms with van der Waals surface area (Å²) in [6.07, 6.45) is 3.91. The first kappa shape index (κ1) is 12.3. The molecule has 2 atom stereocenters. The van der Waals surface area contributed by atoms with Crippen molar-refractivity contribution < 1.29 is 5.11 Å². The third-order valence-electron chi connectivity index (χ3n) is 1.38. The third kappa shape index (κ3) is 6.43. The van der Waals surface area contributed by atoms with E-state index in [1.165, 1.54) is 11.8 Å². The van der Waals surface area contributed by atoms with Gasteiger partial charge in [-0.05, 0) is 26.5 Å². The van der Waals surface area contributed by atoms with Gasteiger partial charge in [-0.2, -0.15) is 5.26 Å². The molecule has 13 heavy (non-hydrogen) atoms. The van der Waals surface area contributed by atoms with Crippen LogP contribution >= 0.6 is 11.8 Å². The van der Waals surface area contributed by atoms with Crippen LogP contribution in [-0.4, -0.2) is 28.7 Å². The quantitative estimate of drug-likeness (QED) is 0.308. The van der Waals surface area contributed by atoms with Crippen LogP contribution in [0.4, 0.5) is 0 Å². The van der Waals surface area contributed by atoms with Crippen LogP contribution < -0.4 is 5.32 Å². The van der Waals surface area contributed by atoms with E-state index in [4.69, 9.17) is 10.4 Å². The summed E-state index contributed by atoms with van der Waals surface area (Å²) in [7, 11) is 0. The first-order valence-electron chi connectivity index (χ1n) is 4.05. The minimum atomic E-state index is -0.357. The highest BCUT2D eigenvalue weighted by atomic mass is 32.2. The van der Waals surface area contributed by atoms with Gasteiger partial charge in [0.2, 0.25) is 0 Å². The number of rotatable bonds is 3. The topological polar surface area (TPSA) is 68.4 Å². The molecule has 2 unspecified atom stereocenters. The van der Waals surface area contributed by atoms with Gasteiger partial charge in [0, 0.05) is 0 Å². The monoisotopic (exact) mass is 201 g/mol. The predicted molar refractivity (Wildman–Crippen MR) is 55.5 cm³/mol. The van der Waals surface area contributed by atoms with Gasteiger partial charge in [-0.1, -0.05) is 11.8 Å². The molecule has 4 nitrogen and oxygen atoms in total. The number of aliphatic imine (C=N–C) groups is 1. The van der Waals surface area contributed by atoms with Gasteiger partial charge in [-0.25, -0.2) is 0 Å². The molecule has 74 valence electrons. The van der Waals surface area contributed by atoms with Gasteiger partial charge in [0.25, 0.3) is 0 Å². The van der Waals surface area contributed by atoms with Gasteiger partial charge in [0.15, 0.2) is 11.4 Å². The van der Waals surface area contributed by atoms with Crippen molar-refractivity contribution in [3.8, 4) is 6.19 Å². The SMILES string of the molecule is CSC(=NC(C)CC(C)O)NC#N. The molecule has 0 rings (SSSR count). The van der Waals surface area contributed by atoms with Crippen LogP contribution in [0.25, 0.3) is 0 Å². The van der Waals surface area contributed by atoms with Gasteiger partial charge in [-0.3, -0.25) is 10.3 Å². The first-order chi connectivity index (χ1) is 6.10. The zero-order valence-electron chi connectivity index (χ0n) is 8.11. The summed E-state index contributed by atoms with van der Waals surface area (Å²) in [5.41, 5.74) is 0. The number of amidine groups is 1. The summed E-state index contributed by atoms with van der Waals surface area (Å²) >= 11 is 1.38. The molecule has 0 aliphatic carbocycles. The van der Waals surface area contributed by atoms with Crippen molar-refractivity contribution >= 4 is 16.9 Å². The summed E-state index contributed by atoms with van der Waals surface area (Å²) in [5.74, 6) is 0. The maximum absolute atomic E-state index is 9.08. The van der Waals surface area contributed by atoms with Crippen molar-refractivity contribution in [2.75, 3.05) is 6.26 Å². The lowest BCUT2D eigenvalue weighted by Crippen LogP contribution is -2.18. The highest BCUT2D eigenvalue weighted by Gasteiger charge is 2.05. The van der Waals surface area contributed by atoms with Gasteiger partial charge < -0.3 is 5.11 Å². The van der Waals surface area contributed by atoms with Crippen molar-refractivity contribution in [1.29, 1.82) is 5.26 Å². The van der Waals surface area contributed by atoms with Gasteiger partial charge in [0.1, 0.15) is 0 Å². The van der Waals surface area contributed by atoms with Crippen molar-refractivity contribution in [2.24, 2.45) is 4.99 Å².